The van der Waals surface area contributed by atoms with Crippen LogP contribution in [0.15, 0.2) is 4.47 Å². The van der Waals surface area contributed by atoms with Crippen LogP contribution in [0.4, 0.5) is 0 Å². The van der Waals surface area contributed by atoms with Crippen LogP contribution in [0.2, 0.25) is 0 Å². The third-order valence-corrected chi connectivity index (χ3v) is 4.10. The molecule has 0 atom stereocenters. The van der Waals surface area contributed by atoms with Gasteiger partial charge in [0, 0.05) is 26.8 Å². The molecule has 0 aliphatic carbocycles. The SMILES string of the molecule is CCc1nn(CC)c(CNCCCCCOC)c1Br. The molecule has 0 radical (unpaired) electrons. The second-order valence-electron chi connectivity index (χ2n) is 4.61. The Kier molecular flexibility index (Phi) is 8.34. The summed E-state index contributed by atoms with van der Waals surface area (Å²) in [6.07, 6.45) is 4.53. The summed E-state index contributed by atoms with van der Waals surface area (Å²) < 4.78 is 8.29. The summed E-state index contributed by atoms with van der Waals surface area (Å²) in [5.74, 6) is 0. The number of methoxy groups -OCH3 is 1. The van der Waals surface area contributed by atoms with Gasteiger partial charge < -0.3 is 10.1 Å². The number of aryl methyl sites for hydroxylation is 2. The molecule has 1 aromatic rings. The van der Waals surface area contributed by atoms with Gasteiger partial charge in [-0.25, -0.2) is 0 Å². The fourth-order valence-corrected chi connectivity index (χ4v) is 2.77. The lowest BCUT2D eigenvalue weighted by Crippen LogP contribution is -2.18. The van der Waals surface area contributed by atoms with E-state index in [1.165, 1.54) is 23.0 Å². The highest BCUT2D eigenvalue weighted by Crippen LogP contribution is 2.22. The first kappa shape index (κ1) is 16.7. The molecule has 0 saturated heterocycles. The molecule has 0 aliphatic heterocycles. The van der Waals surface area contributed by atoms with E-state index in [0.717, 1.165) is 44.8 Å². The minimum absolute atomic E-state index is 0.869. The van der Waals surface area contributed by atoms with E-state index in [9.17, 15) is 0 Å². The lowest BCUT2D eigenvalue weighted by Gasteiger charge is -2.07. The van der Waals surface area contributed by atoms with Crippen molar-refractivity contribution in [3.05, 3.63) is 15.9 Å². The number of ether oxygens (including phenoxy) is 1. The molecule has 110 valence electrons. The molecular weight excluding hydrogens is 306 g/mol. The minimum atomic E-state index is 0.869. The maximum Gasteiger partial charge on any atom is 0.0767 e. The largest absolute Gasteiger partial charge is 0.385 e. The summed E-state index contributed by atoms with van der Waals surface area (Å²) in [5.41, 5.74) is 2.41. The van der Waals surface area contributed by atoms with Gasteiger partial charge in [0.05, 0.1) is 15.9 Å². The van der Waals surface area contributed by atoms with Crippen LogP contribution in [0.25, 0.3) is 0 Å². The van der Waals surface area contributed by atoms with Crippen LogP contribution in [-0.4, -0.2) is 30.0 Å². The van der Waals surface area contributed by atoms with Gasteiger partial charge in [0.2, 0.25) is 0 Å². The Morgan fingerprint density at radius 1 is 1.26 bits per heavy atom. The second kappa shape index (κ2) is 9.50. The Morgan fingerprint density at radius 2 is 2.05 bits per heavy atom. The fourth-order valence-electron chi connectivity index (χ4n) is 2.07. The van der Waals surface area contributed by atoms with Crippen LogP contribution >= 0.6 is 15.9 Å². The molecule has 5 heteroatoms. The summed E-state index contributed by atoms with van der Waals surface area (Å²) >= 11 is 3.67. The first-order valence-electron chi connectivity index (χ1n) is 7.18. The van der Waals surface area contributed by atoms with Crippen molar-refractivity contribution in [3.63, 3.8) is 0 Å². The zero-order chi connectivity index (χ0) is 14.1. The van der Waals surface area contributed by atoms with E-state index in [1.807, 2.05) is 0 Å². The molecule has 0 amide bonds. The highest BCUT2D eigenvalue weighted by molar-refractivity contribution is 9.10. The highest BCUT2D eigenvalue weighted by atomic mass is 79.9. The fraction of sp³-hybridized carbons (Fsp3) is 0.786. The highest BCUT2D eigenvalue weighted by Gasteiger charge is 2.12. The standard InChI is InChI=1S/C14H26BrN3O/c1-4-12-14(15)13(18(5-2)17-12)11-16-9-7-6-8-10-19-3/h16H,4-11H2,1-3H3. The van der Waals surface area contributed by atoms with Gasteiger partial charge in [-0.15, -0.1) is 0 Å². The Morgan fingerprint density at radius 3 is 2.68 bits per heavy atom. The number of nitrogens with zero attached hydrogens (tertiary/aromatic N) is 2. The molecule has 1 N–H and O–H groups in total. The maximum atomic E-state index is 5.04. The van der Waals surface area contributed by atoms with Gasteiger partial charge in [0.25, 0.3) is 0 Å². The smallest absolute Gasteiger partial charge is 0.0767 e. The zero-order valence-corrected chi connectivity index (χ0v) is 13.9. The molecule has 4 nitrogen and oxygen atoms in total. The second-order valence-corrected chi connectivity index (χ2v) is 5.40. The van der Waals surface area contributed by atoms with E-state index in [-0.39, 0.29) is 0 Å². The third kappa shape index (κ3) is 5.24. The molecule has 1 aromatic heterocycles. The predicted octanol–water partition coefficient (Wildman–Crippen LogP) is 3.13. The van der Waals surface area contributed by atoms with Gasteiger partial charge in [-0.2, -0.15) is 5.10 Å². The summed E-state index contributed by atoms with van der Waals surface area (Å²) in [6, 6.07) is 0. The Hall–Kier alpha value is -0.390. The van der Waals surface area contributed by atoms with Gasteiger partial charge in [0.15, 0.2) is 0 Å². The van der Waals surface area contributed by atoms with Crippen LogP contribution in [0.3, 0.4) is 0 Å². The van der Waals surface area contributed by atoms with Crippen LogP contribution in [0, 0.1) is 0 Å². The summed E-state index contributed by atoms with van der Waals surface area (Å²) in [5, 5.41) is 8.10. The number of hydrogen-bond donors (Lipinski definition) is 1. The van der Waals surface area contributed by atoms with Crippen molar-refractivity contribution in [2.75, 3.05) is 20.3 Å². The molecule has 1 rings (SSSR count). The maximum absolute atomic E-state index is 5.04. The molecule has 1 heterocycles. The topological polar surface area (TPSA) is 39.1 Å². The molecule has 0 unspecified atom stereocenters. The Labute approximate surface area is 125 Å². The number of hydrogen-bond acceptors (Lipinski definition) is 3. The van der Waals surface area contributed by atoms with Crippen LogP contribution in [0.1, 0.15) is 44.5 Å². The molecule has 0 spiro atoms. The molecule has 19 heavy (non-hydrogen) atoms. The molecule has 0 saturated carbocycles. The van der Waals surface area contributed by atoms with Crippen LogP contribution in [-0.2, 0) is 24.2 Å². The van der Waals surface area contributed by atoms with Crippen LogP contribution in [0.5, 0.6) is 0 Å². The average molecular weight is 332 g/mol. The monoisotopic (exact) mass is 331 g/mol. The predicted molar refractivity (Wildman–Crippen MR) is 82.4 cm³/mol. The Bertz CT molecular complexity index is 366. The van der Waals surface area contributed by atoms with Crippen molar-refractivity contribution in [1.29, 1.82) is 0 Å². The van der Waals surface area contributed by atoms with E-state index < -0.39 is 0 Å². The van der Waals surface area contributed by atoms with E-state index >= 15 is 0 Å². The minimum Gasteiger partial charge on any atom is -0.385 e. The lowest BCUT2D eigenvalue weighted by molar-refractivity contribution is 0.192. The lowest BCUT2D eigenvalue weighted by atomic mass is 10.2. The van der Waals surface area contributed by atoms with Gasteiger partial charge in [-0.3, -0.25) is 4.68 Å². The zero-order valence-electron chi connectivity index (χ0n) is 12.3. The average Bonchev–Trinajstić information content (AvgIpc) is 2.74. The first-order valence-corrected chi connectivity index (χ1v) is 7.97. The first-order chi connectivity index (χ1) is 9.24. The van der Waals surface area contributed by atoms with Crippen molar-refractivity contribution >= 4 is 15.9 Å². The quantitative estimate of drug-likeness (QED) is 0.669. The molecular formula is C14H26BrN3O. The van der Waals surface area contributed by atoms with Gasteiger partial charge in [-0.1, -0.05) is 6.92 Å². The normalized spacial score (nSPS) is 11.2. The molecule has 0 aromatic carbocycles. The Balaban J connectivity index is 2.34. The van der Waals surface area contributed by atoms with E-state index in [0.29, 0.717) is 0 Å². The molecule has 0 fully saturated rings. The summed E-state index contributed by atoms with van der Waals surface area (Å²) in [4.78, 5) is 0. The van der Waals surface area contributed by atoms with Gasteiger partial charge in [-0.05, 0) is 55.1 Å². The van der Waals surface area contributed by atoms with E-state index in [4.69, 9.17) is 4.74 Å². The van der Waals surface area contributed by atoms with Crippen molar-refractivity contribution in [1.82, 2.24) is 15.1 Å². The summed E-state index contributed by atoms with van der Waals surface area (Å²) in [7, 11) is 1.76. The van der Waals surface area contributed by atoms with Crippen molar-refractivity contribution in [2.24, 2.45) is 0 Å². The van der Waals surface area contributed by atoms with Crippen molar-refractivity contribution in [3.8, 4) is 0 Å². The number of aromatic nitrogens is 2. The number of halogens is 1. The molecule has 0 bridgehead atoms. The number of nitrogens with one attached hydrogen (secondary N) is 1. The third-order valence-electron chi connectivity index (χ3n) is 3.19. The van der Waals surface area contributed by atoms with Gasteiger partial charge in [0.1, 0.15) is 0 Å². The van der Waals surface area contributed by atoms with Crippen molar-refractivity contribution in [2.45, 2.75) is 52.6 Å². The van der Waals surface area contributed by atoms with Gasteiger partial charge >= 0.3 is 0 Å². The van der Waals surface area contributed by atoms with Crippen molar-refractivity contribution < 1.29 is 4.74 Å². The number of unbranched alkanes of at least 4 members (excludes halogenated alkanes) is 2. The summed E-state index contributed by atoms with van der Waals surface area (Å²) in [6.45, 7) is 7.99. The van der Waals surface area contributed by atoms with E-state index in [1.54, 1.807) is 7.11 Å². The number of rotatable bonds is 10. The van der Waals surface area contributed by atoms with Crippen LogP contribution < -0.4 is 5.32 Å². The molecule has 0 aliphatic rings. The van der Waals surface area contributed by atoms with E-state index in [2.05, 4.69) is 44.9 Å².